The van der Waals surface area contributed by atoms with Crippen LogP contribution in [0.1, 0.15) is 24.0 Å². The van der Waals surface area contributed by atoms with Crippen LogP contribution in [0.15, 0.2) is 35.6 Å². The van der Waals surface area contributed by atoms with Crippen LogP contribution >= 0.6 is 11.8 Å². The van der Waals surface area contributed by atoms with E-state index in [0.29, 0.717) is 12.6 Å². The molecular weight excluding hydrogens is 335 g/mol. The van der Waals surface area contributed by atoms with E-state index < -0.39 is 0 Å². The Bertz CT molecular complexity index is 696. The first-order valence-corrected chi connectivity index (χ1v) is 9.87. The summed E-state index contributed by atoms with van der Waals surface area (Å²) in [5.41, 5.74) is 1.84. The minimum Gasteiger partial charge on any atom is -0.356 e. The van der Waals surface area contributed by atoms with E-state index in [1.807, 2.05) is 31.5 Å². The van der Waals surface area contributed by atoms with Gasteiger partial charge < -0.3 is 4.90 Å². The van der Waals surface area contributed by atoms with Crippen molar-refractivity contribution < 1.29 is 4.39 Å². The van der Waals surface area contributed by atoms with Crippen molar-refractivity contribution in [3.05, 3.63) is 47.4 Å². The fraction of sp³-hybridized carbons (Fsp3) is 0.474. The van der Waals surface area contributed by atoms with Crippen molar-refractivity contribution >= 4 is 17.6 Å². The Balaban J connectivity index is 1.60. The van der Waals surface area contributed by atoms with Gasteiger partial charge in [0.25, 0.3) is 0 Å². The average Bonchev–Trinajstić information content (AvgIpc) is 2.65. The van der Waals surface area contributed by atoms with Gasteiger partial charge in [-0.05, 0) is 50.8 Å². The SMILES string of the molecule is CSc1nccc(N2CCC(N(C)Cc3c(C)cccc3F)CC2)n1. The second kappa shape index (κ2) is 8.15. The smallest absolute Gasteiger partial charge is 0.189 e. The maximum absolute atomic E-state index is 14.1. The number of aryl methyl sites for hydroxylation is 1. The molecule has 1 aliphatic heterocycles. The van der Waals surface area contributed by atoms with Gasteiger partial charge >= 0.3 is 0 Å². The average molecular weight is 361 g/mol. The number of hydrogen-bond donors (Lipinski definition) is 0. The molecule has 1 fully saturated rings. The highest BCUT2D eigenvalue weighted by atomic mass is 32.2. The summed E-state index contributed by atoms with van der Waals surface area (Å²) in [4.78, 5) is 13.4. The van der Waals surface area contributed by atoms with Crippen molar-refractivity contribution in [1.82, 2.24) is 14.9 Å². The fourth-order valence-electron chi connectivity index (χ4n) is 3.39. The van der Waals surface area contributed by atoms with Gasteiger partial charge in [-0.3, -0.25) is 4.90 Å². The van der Waals surface area contributed by atoms with E-state index in [2.05, 4.69) is 26.8 Å². The van der Waals surface area contributed by atoms with E-state index in [0.717, 1.165) is 48.0 Å². The van der Waals surface area contributed by atoms with Crippen molar-refractivity contribution in [1.29, 1.82) is 0 Å². The molecule has 3 rings (SSSR count). The number of piperidine rings is 1. The van der Waals surface area contributed by atoms with Crippen molar-refractivity contribution in [2.75, 3.05) is 31.3 Å². The molecule has 2 aromatic rings. The zero-order chi connectivity index (χ0) is 17.8. The third-order valence-electron chi connectivity index (χ3n) is 4.97. The molecule has 0 bridgehead atoms. The van der Waals surface area contributed by atoms with Crippen LogP contribution in [0.5, 0.6) is 0 Å². The molecule has 0 atom stereocenters. The molecule has 134 valence electrons. The fourth-order valence-corrected chi connectivity index (χ4v) is 3.74. The van der Waals surface area contributed by atoms with E-state index in [-0.39, 0.29) is 5.82 Å². The number of rotatable bonds is 5. The lowest BCUT2D eigenvalue weighted by Crippen LogP contribution is -2.43. The molecule has 2 heterocycles. The summed E-state index contributed by atoms with van der Waals surface area (Å²) in [6, 6.07) is 7.76. The Morgan fingerprint density at radius 3 is 2.72 bits per heavy atom. The molecule has 1 aromatic carbocycles. The number of hydrogen-bond acceptors (Lipinski definition) is 5. The molecule has 1 aromatic heterocycles. The van der Waals surface area contributed by atoms with Crippen LogP contribution in [-0.4, -0.2) is 47.3 Å². The highest BCUT2D eigenvalue weighted by Crippen LogP contribution is 2.24. The molecule has 0 unspecified atom stereocenters. The van der Waals surface area contributed by atoms with Crippen molar-refractivity contribution in [3.8, 4) is 0 Å². The zero-order valence-electron chi connectivity index (χ0n) is 15.1. The molecular formula is C19H25FN4S. The highest BCUT2D eigenvalue weighted by Gasteiger charge is 2.24. The Morgan fingerprint density at radius 1 is 1.28 bits per heavy atom. The zero-order valence-corrected chi connectivity index (χ0v) is 15.9. The summed E-state index contributed by atoms with van der Waals surface area (Å²) >= 11 is 1.56. The molecule has 25 heavy (non-hydrogen) atoms. The highest BCUT2D eigenvalue weighted by molar-refractivity contribution is 7.98. The molecule has 4 nitrogen and oxygen atoms in total. The first-order valence-electron chi connectivity index (χ1n) is 8.64. The van der Waals surface area contributed by atoms with Crippen LogP contribution < -0.4 is 4.90 Å². The van der Waals surface area contributed by atoms with Gasteiger partial charge in [-0.1, -0.05) is 23.9 Å². The van der Waals surface area contributed by atoms with Gasteiger partial charge in [-0.15, -0.1) is 0 Å². The summed E-state index contributed by atoms with van der Waals surface area (Å²) in [5, 5.41) is 0.812. The second-order valence-electron chi connectivity index (χ2n) is 6.57. The van der Waals surface area contributed by atoms with Crippen LogP contribution in [-0.2, 0) is 6.54 Å². The van der Waals surface area contributed by atoms with Crippen molar-refractivity contribution in [2.45, 2.75) is 37.5 Å². The molecule has 0 amide bonds. The maximum atomic E-state index is 14.1. The van der Waals surface area contributed by atoms with Crippen LogP contribution in [0.25, 0.3) is 0 Å². The third kappa shape index (κ3) is 4.30. The quantitative estimate of drug-likeness (QED) is 0.599. The number of aromatic nitrogens is 2. The molecule has 1 aliphatic rings. The maximum Gasteiger partial charge on any atom is 0.189 e. The van der Waals surface area contributed by atoms with Crippen LogP contribution in [0.3, 0.4) is 0 Å². The summed E-state index contributed by atoms with van der Waals surface area (Å²) in [5.74, 6) is 0.903. The van der Waals surface area contributed by atoms with Crippen molar-refractivity contribution in [3.63, 3.8) is 0 Å². The van der Waals surface area contributed by atoms with Crippen LogP contribution in [0.2, 0.25) is 0 Å². The number of benzene rings is 1. The Morgan fingerprint density at radius 2 is 2.04 bits per heavy atom. The molecule has 0 aliphatic carbocycles. The normalized spacial score (nSPS) is 15.8. The monoisotopic (exact) mass is 360 g/mol. The van der Waals surface area contributed by atoms with E-state index in [1.165, 1.54) is 0 Å². The molecule has 0 N–H and O–H groups in total. The van der Waals surface area contributed by atoms with Gasteiger partial charge in [0.15, 0.2) is 5.16 Å². The van der Waals surface area contributed by atoms with E-state index in [4.69, 9.17) is 0 Å². The molecule has 0 spiro atoms. The minimum atomic E-state index is -0.102. The van der Waals surface area contributed by atoms with Gasteiger partial charge in [-0.25, -0.2) is 14.4 Å². The minimum absolute atomic E-state index is 0.102. The summed E-state index contributed by atoms with van der Waals surface area (Å²) in [6.45, 7) is 4.58. The first-order chi connectivity index (χ1) is 12.1. The number of halogens is 1. The van der Waals surface area contributed by atoms with Gasteiger partial charge in [0, 0.05) is 37.4 Å². The summed E-state index contributed by atoms with van der Waals surface area (Å²) < 4.78 is 14.1. The standard InChI is InChI=1S/C19H25FN4S/c1-14-5-4-6-17(20)16(14)13-23(2)15-8-11-24(12-9-15)18-7-10-21-19(22-18)25-3/h4-7,10,15H,8-9,11-13H2,1-3H3. The molecule has 0 saturated carbocycles. The lowest BCUT2D eigenvalue weighted by Gasteiger charge is -2.37. The van der Waals surface area contributed by atoms with E-state index >= 15 is 0 Å². The van der Waals surface area contributed by atoms with Gasteiger partial charge in [0.1, 0.15) is 11.6 Å². The molecule has 1 saturated heterocycles. The predicted molar refractivity (Wildman–Crippen MR) is 102 cm³/mol. The number of anilines is 1. The largest absolute Gasteiger partial charge is 0.356 e. The first kappa shape index (κ1) is 18.1. The topological polar surface area (TPSA) is 32.3 Å². The lowest BCUT2D eigenvalue weighted by molar-refractivity contribution is 0.197. The number of thioether (sulfide) groups is 1. The van der Waals surface area contributed by atoms with Gasteiger partial charge in [-0.2, -0.15) is 0 Å². The molecule has 0 radical (unpaired) electrons. The van der Waals surface area contributed by atoms with E-state index in [9.17, 15) is 4.39 Å². The second-order valence-corrected chi connectivity index (χ2v) is 7.34. The summed E-state index contributed by atoms with van der Waals surface area (Å²) in [7, 11) is 2.10. The van der Waals surface area contributed by atoms with E-state index in [1.54, 1.807) is 23.9 Å². The molecule has 6 heteroatoms. The predicted octanol–water partition coefficient (Wildman–Crippen LogP) is 3.75. The van der Waals surface area contributed by atoms with Crippen molar-refractivity contribution in [2.24, 2.45) is 0 Å². The van der Waals surface area contributed by atoms with Crippen LogP contribution in [0, 0.1) is 12.7 Å². The Labute approximate surface area is 153 Å². The van der Waals surface area contributed by atoms with Gasteiger partial charge in [0.2, 0.25) is 0 Å². The Kier molecular flexibility index (Phi) is 5.91. The van der Waals surface area contributed by atoms with Gasteiger partial charge in [0.05, 0.1) is 0 Å². The summed E-state index contributed by atoms with van der Waals surface area (Å²) in [6.07, 6.45) is 5.93. The lowest BCUT2D eigenvalue weighted by atomic mass is 10.0. The third-order valence-corrected chi connectivity index (χ3v) is 5.54. The van der Waals surface area contributed by atoms with Crippen LogP contribution in [0.4, 0.5) is 10.2 Å². The Hall–Kier alpha value is -1.66. The number of nitrogens with zero attached hydrogens (tertiary/aromatic N) is 4.